The summed E-state index contributed by atoms with van der Waals surface area (Å²) in [5.74, 6) is 0.428. The van der Waals surface area contributed by atoms with Crippen molar-refractivity contribution < 1.29 is 9.53 Å². The van der Waals surface area contributed by atoms with Crippen LogP contribution in [0.25, 0.3) is 11.2 Å². The van der Waals surface area contributed by atoms with Crippen LogP contribution < -0.4 is 11.2 Å². The van der Waals surface area contributed by atoms with Crippen molar-refractivity contribution in [1.29, 1.82) is 0 Å². The quantitative estimate of drug-likeness (QED) is 0.707. The highest BCUT2D eigenvalue weighted by atomic mass is 16.5. The lowest BCUT2D eigenvalue weighted by atomic mass is 9.98. The van der Waals surface area contributed by atoms with Crippen molar-refractivity contribution >= 4 is 17.1 Å². The van der Waals surface area contributed by atoms with Crippen molar-refractivity contribution in [1.82, 2.24) is 24.0 Å². The van der Waals surface area contributed by atoms with Crippen LogP contribution in [0.15, 0.2) is 9.59 Å². The minimum absolute atomic E-state index is 0.130. The van der Waals surface area contributed by atoms with Crippen molar-refractivity contribution in [2.75, 3.05) is 19.7 Å². The molecular weight excluding hydrogens is 362 g/mol. The van der Waals surface area contributed by atoms with Crippen molar-refractivity contribution in [3.8, 4) is 0 Å². The number of carbonyl (C=O) groups excluding carboxylic acids is 1. The van der Waals surface area contributed by atoms with Gasteiger partial charge in [-0.3, -0.25) is 24.0 Å². The third-order valence-corrected chi connectivity index (χ3v) is 5.33. The topological polar surface area (TPSA) is 102 Å². The number of aryl methyl sites for hydroxylation is 2. The number of nitrogens with one attached hydrogen (secondary N) is 1. The first-order chi connectivity index (χ1) is 13.5. The molecule has 2 aromatic heterocycles. The molecule has 0 unspecified atom stereocenters. The Bertz CT molecular complexity index is 958. The number of nitrogens with zero attached hydrogens (tertiary/aromatic N) is 4. The molecule has 1 saturated heterocycles. The Morgan fingerprint density at radius 3 is 2.82 bits per heavy atom. The molecule has 0 amide bonds. The maximum Gasteiger partial charge on any atom is 0.330 e. The smallest absolute Gasteiger partial charge is 0.330 e. The molecular formula is C19H29N5O4. The number of hydrogen-bond acceptors (Lipinski definition) is 6. The van der Waals surface area contributed by atoms with E-state index in [2.05, 4.69) is 14.9 Å². The highest BCUT2D eigenvalue weighted by Crippen LogP contribution is 2.20. The van der Waals surface area contributed by atoms with Crippen LogP contribution in [-0.4, -0.2) is 49.7 Å². The number of piperidine rings is 1. The van der Waals surface area contributed by atoms with Crippen molar-refractivity contribution in [3.63, 3.8) is 0 Å². The second kappa shape index (κ2) is 8.72. The zero-order valence-corrected chi connectivity index (χ0v) is 16.9. The van der Waals surface area contributed by atoms with Gasteiger partial charge in [-0.15, -0.1) is 0 Å². The van der Waals surface area contributed by atoms with Gasteiger partial charge in [-0.25, -0.2) is 9.78 Å². The number of fused-ring (bicyclic) bond motifs is 1. The molecule has 9 heteroatoms. The summed E-state index contributed by atoms with van der Waals surface area (Å²) in [5.41, 5.74) is -0.00343. The predicted octanol–water partition coefficient (Wildman–Crippen LogP) is 0.999. The van der Waals surface area contributed by atoms with Crippen molar-refractivity contribution in [3.05, 3.63) is 26.7 Å². The van der Waals surface area contributed by atoms with Gasteiger partial charge in [-0.05, 0) is 32.7 Å². The number of ether oxygens (including phenoxy) is 1. The minimum Gasteiger partial charge on any atom is -0.466 e. The van der Waals surface area contributed by atoms with E-state index in [1.54, 1.807) is 16.2 Å². The van der Waals surface area contributed by atoms with Gasteiger partial charge in [0.1, 0.15) is 5.82 Å². The Kier molecular flexibility index (Phi) is 6.33. The van der Waals surface area contributed by atoms with Crippen LogP contribution >= 0.6 is 0 Å². The van der Waals surface area contributed by atoms with Crippen LogP contribution in [-0.2, 0) is 29.7 Å². The molecule has 9 nitrogen and oxygen atoms in total. The summed E-state index contributed by atoms with van der Waals surface area (Å²) in [6, 6.07) is 0. The summed E-state index contributed by atoms with van der Waals surface area (Å²) in [6.45, 7) is 6.76. The Balaban J connectivity index is 1.88. The monoisotopic (exact) mass is 391 g/mol. The van der Waals surface area contributed by atoms with E-state index in [4.69, 9.17) is 4.74 Å². The molecule has 154 valence electrons. The zero-order chi connectivity index (χ0) is 20.3. The minimum atomic E-state index is -0.420. The van der Waals surface area contributed by atoms with Crippen molar-refractivity contribution in [2.24, 2.45) is 13.0 Å². The fourth-order valence-electron chi connectivity index (χ4n) is 3.81. The SMILES string of the molecule is CCCCn1c(=O)[nH]c(=O)c2c1nc(CN1CCC[C@@H](C(=O)OCC)C1)n2C. The average Bonchev–Trinajstić information content (AvgIpc) is 2.98. The van der Waals surface area contributed by atoms with Gasteiger partial charge in [0, 0.05) is 20.1 Å². The van der Waals surface area contributed by atoms with Gasteiger partial charge in [0.2, 0.25) is 0 Å². The molecule has 3 heterocycles. The van der Waals surface area contributed by atoms with E-state index >= 15 is 0 Å². The molecule has 0 aliphatic carbocycles. The molecule has 1 aliphatic heterocycles. The Labute approximate surface area is 163 Å². The highest BCUT2D eigenvalue weighted by Gasteiger charge is 2.28. The van der Waals surface area contributed by atoms with E-state index < -0.39 is 11.2 Å². The van der Waals surface area contributed by atoms with Crippen LogP contribution in [0.3, 0.4) is 0 Å². The molecule has 1 atom stereocenters. The normalized spacial score (nSPS) is 17.9. The number of imidazole rings is 1. The Morgan fingerprint density at radius 2 is 2.11 bits per heavy atom. The summed E-state index contributed by atoms with van der Waals surface area (Å²) in [7, 11) is 1.79. The molecule has 1 aliphatic rings. The molecule has 0 aromatic carbocycles. The lowest BCUT2D eigenvalue weighted by molar-refractivity contribution is -0.150. The van der Waals surface area contributed by atoms with Crippen LogP contribution in [0, 0.1) is 5.92 Å². The predicted molar refractivity (Wildman–Crippen MR) is 105 cm³/mol. The summed E-state index contributed by atoms with van der Waals surface area (Å²) in [5, 5.41) is 0. The molecule has 0 radical (unpaired) electrons. The first-order valence-corrected chi connectivity index (χ1v) is 10.0. The number of rotatable bonds is 7. The third-order valence-electron chi connectivity index (χ3n) is 5.33. The van der Waals surface area contributed by atoms with E-state index in [1.807, 2.05) is 13.8 Å². The lowest BCUT2D eigenvalue weighted by Gasteiger charge is -2.31. The summed E-state index contributed by atoms with van der Waals surface area (Å²) < 4.78 is 8.46. The standard InChI is InChI=1S/C19H29N5O4/c1-4-6-10-24-16-15(17(25)21-19(24)27)22(3)14(20-16)12-23-9-7-8-13(11-23)18(26)28-5-2/h13H,4-12H2,1-3H3,(H,21,25,27)/t13-/m1/s1. The maximum atomic E-state index is 12.4. The van der Waals surface area contributed by atoms with Gasteiger partial charge < -0.3 is 9.30 Å². The second-order valence-electron chi connectivity index (χ2n) is 7.35. The van der Waals surface area contributed by atoms with Gasteiger partial charge in [0.05, 0.1) is 19.1 Å². The van der Waals surface area contributed by atoms with E-state index in [1.165, 1.54) is 0 Å². The first-order valence-electron chi connectivity index (χ1n) is 10.0. The molecule has 0 bridgehead atoms. The molecule has 1 N–H and O–H groups in total. The van der Waals surface area contributed by atoms with E-state index in [0.717, 1.165) is 32.2 Å². The fraction of sp³-hybridized carbons (Fsp3) is 0.684. The van der Waals surface area contributed by atoms with Gasteiger partial charge in [-0.1, -0.05) is 13.3 Å². The molecule has 0 saturated carbocycles. The third kappa shape index (κ3) is 4.04. The molecule has 2 aromatic rings. The van der Waals surface area contributed by atoms with Gasteiger partial charge in [0.25, 0.3) is 5.56 Å². The number of carbonyl (C=O) groups is 1. The first kappa shape index (κ1) is 20.3. The van der Waals surface area contributed by atoms with Crippen molar-refractivity contribution in [2.45, 2.75) is 52.6 Å². The van der Waals surface area contributed by atoms with Gasteiger partial charge in [-0.2, -0.15) is 0 Å². The Morgan fingerprint density at radius 1 is 1.32 bits per heavy atom. The number of likely N-dealkylation sites (tertiary alicyclic amines) is 1. The van der Waals surface area contributed by atoms with Gasteiger partial charge in [0.15, 0.2) is 11.2 Å². The number of esters is 1. The number of H-pyrrole nitrogens is 1. The summed E-state index contributed by atoms with van der Waals surface area (Å²) in [4.78, 5) is 45.9. The largest absolute Gasteiger partial charge is 0.466 e. The van der Waals surface area contributed by atoms with Gasteiger partial charge >= 0.3 is 11.7 Å². The molecule has 3 rings (SSSR count). The van der Waals surface area contributed by atoms with Crippen LogP contribution in [0.5, 0.6) is 0 Å². The van der Waals surface area contributed by atoms with Crippen LogP contribution in [0.2, 0.25) is 0 Å². The van der Waals surface area contributed by atoms with E-state index in [9.17, 15) is 14.4 Å². The van der Waals surface area contributed by atoms with Crippen LogP contribution in [0.1, 0.15) is 45.4 Å². The fourth-order valence-corrected chi connectivity index (χ4v) is 3.81. The highest BCUT2D eigenvalue weighted by molar-refractivity contribution is 5.73. The maximum absolute atomic E-state index is 12.4. The number of aromatic amines is 1. The van der Waals surface area contributed by atoms with E-state index in [-0.39, 0.29) is 11.9 Å². The second-order valence-corrected chi connectivity index (χ2v) is 7.35. The number of aromatic nitrogens is 4. The zero-order valence-electron chi connectivity index (χ0n) is 16.9. The number of hydrogen-bond donors (Lipinski definition) is 1. The summed E-state index contributed by atoms with van der Waals surface area (Å²) in [6.07, 6.45) is 3.51. The lowest BCUT2D eigenvalue weighted by Crippen LogP contribution is -2.39. The average molecular weight is 391 g/mol. The van der Waals surface area contributed by atoms with Crippen LogP contribution in [0.4, 0.5) is 0 Å². The summed E-state index contributed by atoms with van der Waals surface area (Å²) >= 11 is 0. The Hall–Kier alpha value is -2.42. The molecule has 1 fully saturated rings. The molecule has 0 spiro atoms. The molecule has 28 heavy (non-hydrogen) atoms. The number of unbranched alkanes of at least 4 members (excludes halogenated alkanes) is 1. The van der Waals surface area contributed by atoms with E-state index in [0.29, 0.717) is 43.2 Å².